The summed E-state index contributed by atoms with van der Waals surface area (Å²) in [6, 6.07) is 8.75. The van der Waals surface area contributed by atoms with Gasteiger partial charge in [-0.1, -0.05) is 0 Å². The Balaban J connectivity index is 1.58. The third kappa shape index (κ3) is 5.71. The number of amides is 3. The maximum atomic E-state index is 12.4. The number of hydrogen-bond acceptors (Lipinski definition) is 5. The van der Waals surface area contributed by atoms with Gasteiger partial charge in [-0.05, 0) is 36.4 Å². The Morgan fingerprint density at radius 3 is 2.35 bits per heavy atom. The van der Waals surface area contributed by atoms with E-state index >= 15 is 0 Å². The van der Waals surface area contributed by atoms with Crippen LogP contribution in [0.4, 0.5) is 29.3 Å². The molecular formula is C20H20F3N3O5. The van der Waals surface area contributed by atoms with Crippen molar-refractivity contribution < 1.29 is 37.0 Å². The highest BCUT2D eigenvalue weighted by Gasteiger charge is 2.32. The molecule has 0 spiro atoms. The molecule has 3 amide bonds. The van der Waals surface area contributed by atoms with Crippen LogP contribution in [0, 0.1) is 0 Å². The average molecular weight is 439 g/mol. The number of benzene rings is 2. The van der Waals surface area contributed by atoms with Crippen molar-refractivity contribution in [2.24, 2.45) is 0 Å². The van der Waals surface area contributed by atoms with Gasteiger partial charge in [0.25, 0.3) is 0 Å². The molecular weight excluding hydrogens is 419 g/mol. The van der Waals surface area contributed by atoms with Gasteiger partial charge < -0.3 is 29.7 Å². The van der Waals surface area contributed by atoms with Gasteiger partial charge in [0.05, 0.1) is 20.3 Å². The van der Waals surface area contributed by atoms with Crippen molar-refractivity contribution in [1.29, 1.82) is 0 Å². The molecule has 1 unspecified atom stereocenters. The molecule has 166 valence electrons. The molecule has 31 heavy (non-hydrogen) atoms. The van der Waals surface area contributed by atoms with Gasteiger partial charge in [0, 0.05) is 30.4 Å². The minimum absolute atomic E-state index is 0.0973. The molecule has 1 heterocycles. The molecule has 2 N–H and O–H groups in total. The summed E-state index contributed by atoms with van der Waals surface area (Å²) in [4.78, 5) is 26.1. The van der Waals surface area contributed by atoms with Crippen molar-refractivity contribution in [3.05, 3.63) is 42.5 Å². The van der Waals surface area contributed by atoms with Crippen LogP contribution in [0.5, 0.6) is 17.2 Å². The van der Waals surface area contributed by atoms with E-state index in [2.05, 4.69) is 15.4 Å². The summed E-state index contributed by atoms with van der Waals surface area (Å²) in [6.07, 6.45) is -4.69. The van der Waals surface area contributed by atoms with Gasteiger partial charge >= 0.3 is 12.4 Å². The molecule has 1 aliphatic heterocycles. The standard InChI is InChI=1S/C20H20F3N3O5/c1-29-16-8-5-14(10-17(16)30-2)26-11-13(9-18(26)27)25-19(28)24-12-3-6-15(7-4-12)31-20(21,22)23/h3-8,10,13H,9,11H2,1-2H3,(H2,24,25,28). The fourth-order valence-corrected chi connectivity index (χ4v) is 3.14. The number of carbonyl (C=O) groups excluding carboxylic acids is 2. The second-order valence-electron chi connectivity index (χ2n) is 6.62. The lowest BCUT2D eigenvalue weighted by Gasteiger charge is -2.19. The van der Waals surface area contributed by atoms with Crippen LogP contribution >= 0.6 is 0 Å². The Bertz CT molecular complexity index is 950. The van der Waals surface area contributed by atoms with Gasteiger partial charge in [-0.3, -0.25) is 4.79 Å². The van der Waals surface area contributed by atoms with Crippen LogP contribution < -0.4 is 29.7 Å². The average Bonchev–Trinajstić information content (AvgIpc) is 3.07. The molecule has 0 radical (unpaired) electrons. The number of carbonyl (C=O) groups is 2. The normalized spacial score (nSPS) is 16.1. The summed E-state index contributed by atoms with van der Waals surface area (Å²) in [5.41, 5.74) is 0.876. The van der Waals surface area contributed by atoms with Gasteiger partial charge in [-0.15, -0.1) is 13.2 Å². The molecule has 0 saturated carbocycles. The van der Waals surface area contributed by atoms with Crippen molar-refractivity contribution >= 4 is 23.3 Å². The van der Waals surface area contributed by atoms with Gasteiger partial charge in [-0.2, -0.15) is 0 Å². The summed E-state index contributed by atoms with van der Waals surface area (Å²) in [7, 11) is 3.00. The summed E-state index contributed by atoms with van der Waals surface area (Å²) < 4.78 is 50.8. The van der Waals surface area contributed by atoms with E-state index in [-0.39, 0.29) is 24.6 Å². The summed E-state index contributed by atoms with van der Waals surface area (Å²) in [6.45, 7) is 0.250. The van der Waals surface area contributed by atoms with E-state index in [0.717, 1.165) is 12.1 Å². The predicted molar refractivity (Wildman–Crippen MR) is 106 cm³/mol. The highest BCUT2D eigenvalue weighted by Crippen LogP contribution is 2.33. The second kappa shape index (κ2) is 9.02. The molecule has 8 nitrogen and oxygen atoms in total. The molecule has 1 atom stereocenters. The third-order valence-corrected chi connectivity index (χ3v) is 4.48. The number of methoxy groups -OCH3 is 2. The van der Waals surface area contributed by atoms with Crippen LogP contribution in [0.1, 0.15) is 6.42 Å². The SMILES string of the molecule is COc1ccc(N2CC(NC(=O)Nc3ccc(OC(F)(F)F)cc3)CC2=O)cc1OC. The summed E-state index contributed by atoms with van der Waals surface area (Å²) in [5, 5.41) is 5.19. The zero-order chi connectivity index (χ0) is 22.6. The first-order valence-electron chi connectivity index (χ1n) is 9.14. The van der Waals surface area contributed by atoms with Crippen molar-refractivity contribution in [3.63, 3.8) is 0 Å². The quantitative estimate of drug-likeness (QED) is 0.719. The minimum atomic E-state index is -4.79. The number of rotatable bonds is 6. The Labute approximate surface area is 175 Å². The fourth-order valence-electron chi connectivity index (χ4n) is 3.14. The first-order valence-corrected chi connectivity index (χ1v) is 9.14. The van der Waals surface area contributed by atoms with Crippen LogP contribution in [0.3, 0.4) is 0 Å². The van der Waals surface area contributed by atoms with E-state index in [0.29, 0.717) is 17.2 Å². The van der Waals surface area contributed by atoms with Crippen LogP contribution in [-0.4, -0.2) is 45.1 Å². The molecule has 1 saturated heterocycles. The van der Waals surface area contributed by atoms with Gasteiger partial charge in [-0.25, -0.2) is 4.79 Å². The smallest absolute Gasteiger partial charge is 0.493 e. The zero-order valence-electron chi connectivity index (χ0n) is 16.7. The molecule has 2 aromatic rings. The highest BCUT2D eigenvalue weighted by atomic mass is 19.4. The maximum absolute atomic E-state index is 12.4. The lowest BCUT2D eigenvalue weighted by molar-refractivity contribution is -0.274. The Morgan fingerprint density at radius 1 is 1.06 bits per heavy atom. The minimum Gasteiger partial charge on any atom is -0.493 e. The molecule has 2 aromatic carbocycles. The van der Waals surface area contributed by atoms with E-state index in [9.17, 15) is 22.8 Å². The molecule has 0 bridgehead atoms. The number of hydrogen-bond donors (Lipinski definition) is 2. The van der Waals surface area contributed by atoms with Crippen LogP contribution in [0.15, 0.2) is 42.5 Å². The largest absolute Gasteiger partial charge is 0.573 e. The Kier molecular flexibility index (Phi) is 6.42. The number of halogens is 3. The number of nitrogens with one attached hydrogen (secondary N) is 2. The maximum Gasteiger partial charge on any atom is 0.573 e. The topological polar surface area (TPSA) is 89.1 Å². The number of ether oxygens (including phenoxy) is 3. The van der Waals surface area contributed by atoms with E-state index in [1.54, 1.807) is 18.2 Å². The lowest BCUT2D eigenvalue weighted by Crippen LogP contribution is -2.39. The van der Waals surface area contributed by atoms with E-state index in [1.807, 2.05) is 0 Å². The van der Waals surface area contributed by atoms with E-state index in [1.165, 1.54) is 31.3 Å². The zero-order valence-corrected chi connectivity index (χ0v) is 16.7. The highest BCUT2D eigenvalue weighted by molar-refractivity contribution is 5.98. The van der Waals surface area contributed by atoms with Gasteiger partial charge in [0.15, 0.2) is 11.5 Å². The first-order chi connectivity index (χ1) is 14.7. The summed E-state index contributed by atoms with van der Waals surface area (Å²) >= 11 is 0. The Morgan fingerprint density at radius 2 is 1.74 bits per heavy atom. The molecule has 1 aliphatic rings. The third-order valence-electron chi connectivity index (χ3n) is 4.48. The van der Waals surface area contributed by atoms with Crippen LogP contribution in [0.25, 0.3) is 0 Å². The molecule has 11 heteroatoms. The molecule has 0 aromatic heterocycles. The number of alkyl halides is 3. The van der Waals surface area contributed by atoms with E-state index in [4.69, 9.17) is 9.47 Å². The van der Waals surface area contributed by atoms with Crippen LogP contribution in [-0.2, 0) is 4.79 Å². The van der Waals surface area contributed by atoms with E-state index < -0.39 is 24.2 Å². The van der Waals surface area contributed by atoms with Crippen molar-refractivity contribution in [2.75, 3.05) is 31.0 Å². The van der Waals surface area contributed by atoms with Crippen molar-refractivity contribution in [2.45, 2.75) is 18.8 Å². The van der Waals surface area contributed by atoms with Crippen molar-refractivity contribution in [3.8, 4) is 17.2 Å². The predicted octanol–water partition coefficient (Wildman–Crippen LogP) is 3.53. The fraction of sp³-hybridized carbons (Fsp3) is 0.300. The van der Waals surface area contributed by atoms with Crippen molar-refractivity contribution in [1.82, 2.24) is 5.32 Å². The lowest BCUT2D eigenvalue weighted by atomic mass is 10.2. The molecule has 0 aliphatic carbocycles. The van der Waals surface area contributed by atoms with Crippen LogP contribution in [0.2, 0.25) is 0 Å². The number of nitrogens with zero attached hydrogens (tertiary/aromatic N) is 1. The van der Waals surface area contributed by atoms with Gasteiger partial charge in [0.1, 0.15) is 5.75 Å². The van der Waals surface area contributed by atoms with Gasteiger partial charge in [0.2, 0.25) is 5.91 Å². The number of urea groups is 1. The summed E-state index contributed by atoms with van der Waals surface area (Å²) in [5.74, 6) is 0.426. The first kappa shape index (κ1) is 22.1. The molecule has 1 fully saturated rings. The molecule has 3 rings (SSSR count). The number of anilines is 2. The monoisotopic (exact) mass is 439 g/mol. The second-order valence-corrected chi connectivity index (χ2v) is 6.62. The Hall–Kier alpha value is -3.63.